The van der Waals surface area contributed by atoms with E-state index in [0.29, 0.717) is 5.69 Å². The van der Waals surface area contributed by atoms with Crippen molar-refractivity contribution in [2.24, 2.45) is 5.14 Å². The van der Waals surface area contributed by atoms with Crippen LogP contribution in [0.4, 0.5) is 5.69 Å². The van der Waals surface area contributed by atoms with E-state index in [0.717, 1.165) is 5.69 Å². The quantitative estimate of drug-likeness (QED) is 0.755. The number of benzene rings is 1. The van der Waals surface area contributed by atoms with Gasteiger partial charge >= 0.3 is 0 Å². The number of nitrogen functional groups attached to an aromatic ring is 1. The number of sulfonamides is 1. The minimum atomic E-state index is -3.82. The molecule has 0 atom stereocenters. The van der Waals surface area contributed by atoms with Gasteiger partial charge in [0.25, 0.3) is 0 Å². The number of anilines is 1. The molecule has 0 aliphatic carbocycles. The van der Waals surface area contributed by atoms with Gasteiger partial charge < -0.3 is 5.73 Å². The first-order chi connectivity index (χ1) is 7.89. The van der Waals surface area contributed by atoms with Crippen molar-refractivity contribution in [1.29, 1.82) is 0 Å². The summed E-state index contributed by atoms with van der Waals surface area (Å²) >= 11 is 0. The van der Waals surface area contributed by atoms with Crippen LogP contribution in [-0.2, 0) is 10.0 Å². The lowest BCUT2D eigenvalue weighted by molar-refractivity contribution is 0.598. The third-order valence-corrected chi connectivity index (χ3v) is 3.29. The first-order valence-electron chi connectivity index (χ1n) is 4.83. The van der Waals surface area contributed by atoms with Crippen LogP contribution in [0.25, 0.3) is 5.69 Å². The Morgan fingerprint density at radius 1 is 1.29 bits per heavy atom. The summed E-state index contributed by atoms with van der Waals surface area (Å²) in [6.07, 6.45) is 1.70. The van der Waals surface area contributed by atoms with E-state index < -0.39 is 10.0 Å². The number of hydrogen-bond donors (Lipinski definition) is 2. The van der Waals surface area contributed by atoms with Gasteiger partial charge in [0, 0.05) is 6.20 Å². The van der Waals surface area contributed by atoms with Crippen LogP contribution in [0.5, 0.6) is 0 Å². The molecule has 7 heteroatoms. The van der Waals surface area contributed by atoms with Gasteiger partial charge in [-0.1, -0.05) is 6.07 Å². The maximum absolute atomic E-state index is 11.3. The molecule has 0 aliphatic rings. The summed E-state index contributed by atoms with van der Waals surface area (Å²) in [7, 11) is -3.82. The topological polar surface area (TPSA) is 104 Å². The fourth-order valence-electron chi connectivity index (χ4n) is 1.53. The molecule has 0 radical (unpaired) electrons. The predicted molar refractivity (Wildman–Crippen MR) is 64.1 cm³/mol. The zero-order chi connectivity index (χ0) is 12.6. The average Bonchev–Trinajstić information content (AvgIpc) is 2.63. The lowest BCUT2D eigenvalue weighted by Crippen LogP contribution is -2.15. The number of primary sulfonamides is 1. The number of para-hydroxylation sites is 1. The van der Waals surface area contributed by atoms with E-state index in [4.69, 9.17) is 10.9 Å². The van der Waals surface area contributed by atoms with Crippen molar-refractivity contribution >= 4 is 15.7 Å². The molecule has 0 amide bonds. The maximum atomic E-state index is 11.3. The molecule has 0 unspecified atom stereocenters. The molecule has 0 spiro atoms. The first kappa shape index (κ1) is 11.6. The van der Waals surface area contributed by atoms with E-state index in [1.807, 2.05) is 6.92 Å². The van der Waals surface area contributed by atoms with Crippen LogP contribution in [-0.4, -0.2) is 18.2 Å². The summed E-state index contributed by atoms with van der Waals surface area (Å²) in [6.45, 7) is 1.83. The Labute approximate surface area is 98.9 Å². The molecule has 6 nitrogen and oxygen atoms in total. The molecule has 0 fully saturated rings. The first-order valence-corrected chi connectivity index (χ1v) is 6.38. The Bertz CT molecular complexity index is 661. The monoisotopic (exact) mass is 252 g/mol. The van der Waals surface area contributed by atoms with Gasteiger partial charge in [-0.25, -0.2) is 18.2 Å². The van der Waals surface area contributed by atoms with Crippen LogP contribution in [0.15, 0.2) is 35.4 Å². The number of nitrogens with two attached hydrogens (primary N) is 2. The number of aryl methyl sites for hydroxylation is 1. The molecule has 4 N–H and O–H groups in total. The minimum absolute atomic E-state index is 0.0943. The molecular weight excluding hydrogens is 240 g/mol. The van der Waals surface area contributed by atoms with Gasteiger partial charge in [-0.3, -0.25) is 0 Å². The highest BCUT2D eigenvalue weighted by Crippen LogP contribution is 2.24. The van der Waals surface area contributed by atoms with Gasteiger partial charge in [0.15, 0.2) is 0 Å². The van der Waals surface area contributed by atoms with Crippen LogP contribution in [0, 0.1) is 6.92 Å². The number of nitrogens with zero attached hydrogens (tertiary/aromatic N) is 2. The third kappa shape index (κ3) is 2.15. The Morgan fingerprint density at radius 3 is 2.53 bits per heavy atom. The van der Waals surface area contributed by atoms with E-state index >= 15 is 0 Å². The van der Waals surface area contributed by atoms with E-state index in [-0.39, 0.29) is 10.6 Å². The molecular formula is C10H12N4O2S. The third-order valence-electron chi connectivity index (χ3n) is 2.32. The Hall–Kier alpha value is -1.86. The smallest absolute Gasteiger partial charge is 0.240 e. The molecule has 1 heterocycles. The number of aromatic nitrogens is 2. The normalized spacial score (nSPS) is 11.6. The molecule has 0 saturated heterocycles. The second-order valence-corrected chi connectivity index (χ2v) is 5.17. The second-order valence-electron chi connectivity index (χ2n) is 3.64. The van der Waals surface area contributed by atoms with Crippen molar-refractivity contribution in [2.75, 3.05) is 5.73 Å². The Morgan fingerprint density at radius 2 is 2.00 bits per heavy atom. The zero-order valence-electron chi connectivity index (χ0n) is 9.16. The Balaban J connectivity index is 2.65. The van der Waals surface area contributed by atoms with Gasteiger partial charge in [-0.15, -0.1) is 0 Å². The summed E-state index contributed by atoms with van der Waals surface area (Å²) in [5.74, 6) is 0. The summed E-state index contributed by atoms with van der Waals surface area (Å²) < 4.78 is 24.1. The van der Waals surface area contributed by atoms with Crippen molar-refractivity contribution in [3.63, 3.8) is 0 Å². The number of rotatable bonds is 2. The van der Waals surface area contributed by atoms with E-state index in [1.54, 1.807) is 24.4 Å². The summed E-state index contributed by atoms with van der Waals surface area (Å²) in [4.78, 5) is -0.0943. The standard InChI is InChI=1S/C10H12N4O2S/c1-7-5-6-14(13-7)8-3-2-4-9(10(8)11)17(12,15)16/h2-6H,11H2,1H3,(H2,12,15,16). The second kappa shape index (κ2) is 3.86. The molecule has 17 heavy (non-hydrogen) atoms. The highest BCUT2D eigenvalue weighted by Gasteiger charge is 2.15. The van der Waals surface area contributed by atoms with Crippen molar-refractivity contribution in [1.82, 2.24) is 9.78 Å². The molecule has 2 aromatic rings. The fraction of sp³-hybridized carbons (Fsp3) is 0.100. The Kier molecular flexibility index (Phi) is 2.64. The predicted octanol–water partition coefficient (Wildman–Crippen LogP) is 0.410. The van der Waals surface area contributed by atoms with Crippen molar-refractivity contribution in [3.8, 4) is 5.69 Å². The van der Waals surface area contributed by atoms with E-state index in [2.05, 4.69) is 5.10 Å². The lowest BCUT2D eigenvalue weighted by atomic mass is 10.3. The van der Waals surface area contributed by atoms with Crippen LogP contribution < -0.4 is 10.9 Å². The van der Waals surface area contributed by atoms with Crippen LogP contribution in [0.2, 0.25) is 0 Å². The van der Waals surface area contributed by atoms with Crippen molar-refractivity contribution < 1.29 is 8.42 Å². The minimum Gasteiger partial charge on any atom is -0.396 e. The van der Waals surface area contributed by atoms with Gasteiger partial charge in [0.1, 0.15) is 4.90 Å². The molecule has 0 saturated carbocycles. The van der Waals surface area contributed by atoms with Gasteiger partial charge in [-0.05, 0) is 25.1 Å². The molecule has 1 aromatic heterocycles. The van der Waals surface area contributed by atoms with Gasteiger partial charge in [0.05, 0.1) is 17.1 Å². The number of hydrogen-bond acceptors (Lipinski definition) is 4. The van der Waals surface area contributed by atoms with E-state index in [1.165, 1.54) is 10.7 Å². The molecule has 0 bridgehead atoms. The van der Waals surface area contributed by atoms with Crippen molar-refractivity contribution in [2.45, 2.75) is 11.8 Å². The van der Waals surface area contributed by atoms with E-state index in [9.17, 15) is 8.42 Å². The average molecular weight is 252 g/mol. The summed E-state index contributed by atoms with van der Waals surface area (Å²) in [6, 6.07) is 6.41. The molecule has 2 rings (SSSR count). The molecule has 1 aromatic carbocycles. The maximum Gasteiger partial charge on any atom is 0.240 e. The summed E-state index contributed by atoms with van der Waals surface area (Å²) in [5.41, 5.74) is 7.19. The lowest BCUT2D eigenvalue weighted by Gasteiger charge is -2.09. The highest BCUT2D eigenvalue weighted by atomic mass is 32.2. The molecule has 90 valence electrons. The van der Waals surface area contributed by atoms with Gasteiger partial charge in [0.2, 0.25) is 10.0 Å². The van der Waals surface area contributed by atoms with Crippen LogP contribution in [0.1, 0.15) is 5.69 Å². The van der Waals surface area contributed by atoms with Gasteiger partial charge in [-0.2, -0.15) is 5.10 Å². The summed E-state index contributed by atoms with van der Waals surface area (Å²) in [5, 5.41) is 9.24. The highest BCUT2D eigenvalue weighted by molar-refractivity contribution is 7.89. The largest absolute Gasteiger partial charge is 0.396 e. The zero-order valence-corrected chi connectivity index (χ0v) is 9.98. The SMILES string of the molecule is Cc1ccn(-c2cccc(S(N)(=O)=O)c2N)n1. The van der Waals surface area contributed by atoms with Crippen molar-refractivity contribution in [3.05, 3.63) is 36.2 Å². The fourth-order valence-corrected chi connectivity index (χ4v) is 2.21. The molecule has 0 aliphatic heterocycles. The van der Waals surface area contributed by atoms with Crippen LogP contribution in [0.3, 0.4) is 0 Å². The van der Waals surface area contributed by atoms with Crippen LogP contribution >= 0.6 is 0 Å².